The van der Waals surface area contributed by atoms with Crippen LogP contribution in [0.1, 0.15) is 49.5 Å². The van der Waals surface area contributed by atoms with Gasteiger partial charge in [-0.25, -0.2) is 8.42 Å². The molecule has 0 saturated carbocycles. The number of esters is 1. The van der Waals surface area contributed by atoms with Crippen molar-refractivity contribution >= 4 is 43.3 Å². The smallest absolute Gasteiger partial charge is 0.325 e. The van der Waals surface area contributed by atoms with E-state index in [1.165, 1.54) is 48.3 Å². The molecule has 176 valence electrons. The first-order valence-electron chi connectivity index (χ1n) is 10.8. The van der Waals surface area contributed by atoms with Gasteiger partial charge in [0, 0.05) is 5.56 Å². The van der Waals surface area contributed by atoms with Crippen LogP contribution in [0.2, 0.25) is 0 Å². The number of fused-ring (bicyclic) bond motifs is 1. The van der Waals surface area contributed by atoms with Crippen molar-refractivity contribution in [3.63, 3.8) is 0 Å². The predicted octanol–water partition coefficient (Wildman–Crippen LogP) is 4.14. The Balaban J connectivity index is 2.09. The van der Waals surface area contributed by atoms with Crippen LogP contribution in [0.3, 0.4) is 0 Å². The standard InChI is InChI=1S/C24H28N2O5S2/c1-5-6-8-17-11-12-20-21(13-17)32-24(26(20)15-22(27)31-4)25-23(28)18-9-7-10-19(14-18)33(29,30)16(2)3/h7,9-14,16H,5-6,8,15H2,1-4H3. The lowest BCUT2D eigenvalue weighted by molar-refractivity contribution is -0.141. The summed E-state index contributed by atoms with van der Waals surface area (Å²) in [5, 5.41) is -0.605. The fourth-order valence-electron chi connectivity index (χ4n) is 3.32. The van der Waals surface area contributed by atoms with E-state index in [4.69, 9.17) is 4.74 Å². The lowest BCUT2D eigenvalue weighted by atomic mass is 10.1. The Hall–Kier alpha value is -2.78. The van der Waals surface area contributed by atoms with Crippen LogP contribution in [-0.2, 0) is 32.3 Å². The summed E-state index contributed by atoms with van der Waals surface area (Å²) in [5.74, 6) is -1.03. The molecule has 0 fully saturated rings. The van der Waals surface area contributed by atoms with Crippen molar-refractivity contribution < 1.29 is 22.7 Å². The summed E-state index contributed by atoms with van der Waals surface area (Å²) < 4.78 is 32.4. The molecule has 7 nitrogen and oxygen atoms in total. The third kappa shape index (κ3) is 5.59. The van der Waals surface area contributed by atoms with Crippen LogP contribution in [-0.4, -0.2) is 37.2 Å². The second kappa shape index (κ2) is 10.4. The molecule has 1 amide bonds. The van der Waals surface area contributed by atoms with E-state index < -0.39 is 27.0 Å². The minimum Gasteiger partial charge on any atom is -0.468 e. The van der Waals surface area contributed by atoms with E-state index in [9.17, 15) is 18.0 Å². The molecular formula is C24H28N2O5S2. The number of rotatable bonds is 8. The van der Waals surface area contributed by atoms with Crippen molar-refractivity contribution in [2.24, 2.45) is 4.99 Å². The van der Waals surface area contributed by atoms with Crippen LogP contribution in [0.15, 0.2) is 52.4 Å². The van der Waals surface area contributed by atoms with E-state index in [2.05, 4.69) is 18.0 Å². The molecule has 33 heavy (non-hydrogen) atoms. The third-order valence-corrected chi connectivity index (χ3v) is 8.50. The van der Waals surface area contributed by atoms with Gasteiger partial charge in [0.2, 0.25) is 0 Å². The molecule has 1 heterocycles. The van der Waals surface area contributed by atoms with Crippen LogP contribution in [0.5, 0.6) is 0 Å². The molecule has 0 atom stereocenters. The summed E-state index contributed by atoms with van der Waals surface area (Å²) in [6, 6.07) is 11.9. The van der Waals surface area contributed by atoms with Gasteiger partial charge in [-0.3, -0.25) is 9.59 Å². The summed E-state index contributed by atoms with van der Waals surface area (Å²) in [7, 11) is -2.22. The second-order valence-corrected chi connectivity index (χ2v) is 11.5. The maximum absolute atomic E-state index is 13.0. The number of hydrogen-bond donors (Lipinski definition) is 0. The molecule has 3 rings (SSSR count). The van der Waals surface area contributed by atoms with Gasteiger partial charge in [0.25, 0.3) is 5.91 Å². The highest BCUT2D eigenvalue weighted by Crippen LogP contribution is 2.21. The Morgan fingerprint density at radius 2 is 1.91 bits per heavy atom. The molecule has 0 unspecified atom stereocenters. The SMILES string of the molecule is CCCCc1ccc2c(c1)sc(=NC(=O)c1cccc(S(=O)(=O)C(C)C)c1)n2CC(=O)OC. The van der Waals surface area contributed by atoms with E-state index in [0.717, 1.165) is 29.5 Å². The van der Waals surface area contributed by atoms with Crippen LogP contribution < -0.4 is 4.80 Å². The van der Waals surface area contributed by atoms with E-state index in [1.54, 1.807) is 18.4 Å². The summed E-state index contributed by atoms with van der Waals surface area (Å²) in [6.07, 6.45) is 3.11. The zero-order chi connectivity index (χ0) is 24.2. The minimum atomic E-state index is -3.52. The highest BCUT2D eigenvalue weighted by atomic mass is 32.2. The lowest BCUT2D eigenvalue weighted by Crippen LogP contribution is -2.22. The number of sulfone groups is 1. The number of carbonyl (C=O) groups is 2. The largest absolute Gasteiger partial charge is 0.468 e. The van der Waals surface area contributed by atoms with Crippen molar-refractivity contribution in [2.75, 3.05) is 7.11 Å². The van der Waals surface area contributed by atoms with Crippen molar-refractivity contribution in [2.45, 2.75) is 56.7 Å². The number of amides is 1. The Bertz CT molecular complexity index is 1350. The first-order valence-corrected chi connectivity index (χ1v) is 13.2. The molecule has 0 N–H and O–H groups in total. The Kier molecular flexibility index (Phi) is 7.86. The first kappa shape index (κ1) is 24.9. The first-order chi connectivity index (χ1) is 15.7. The summed E-state index contributed by atoms with van der Waals surface area (Å²) in [6.45, 7) is 5.24. The molecule has 3 aromatic rings. The fraction of sp³-hybridized carbons (Fsp3) is 0.375. The minimum absolute atomic E-state index is 0.0814. The average molecular weight is 489 g/mol. The van der Waals surface area contributed by atoms with Gasteiger partial charge in [0.15, 0.2) is 14.6 Å². The lowest BCUT2D eigenvalue weighted by Gasteiger charge is -2.08. The molecule has 0 aliphatic heterocycles. The second-order valence-electron chi connectivity index (χ2n) is 7.99. The van der Waals surface area contributed by atoms with Crippen molar-refractivity contribution in [3.8, 4) is 0 Å². The maximum Gasteiger partial charge on any atom is 0.325 e. The summed E-state index contributed by atoms with van der Waals surface area (Å²) in [5.41, 5.74) is 2.14. The molecule has 0 saturated heterocycles. The van der Waals surface area contributed by atoms with E-state index in [1.807, 2.05) is 12.1 Å². The molecule has 1 aromatic heterocycles. The van der Waals surface area contributed by atoms with Gasteiger partial charge >= 0.3 is 5.97 Å². The van der Waals surface area contributed by atoms with Gasteiger partial charge in [-0.15, -0.1) is 0 Å². The normalized spacial score (nSPS) is 12.5. The van der Waals surface area contributed by atoms with E-state index in [-0.39, 0.29) is 17.0 Å². The number of ether oxygens (including phenoxy) is 1. The Morgan fingerprint density at radius 3 is 2.58 bits per heavy atom. The van der Waals surface area contributed by atoms with Crippen molar-refractivity contribution in [1.82, 2.24) is 4.57 Å². The highest BCUT2D eigenvalue weighted by Gasteiger charge is 2.20. The van der Waals surface area contributed by atoms with Crippen LogP contribution in [0, 0.1) is 0 Å². The van der Waals surface area contributed by atoms with Crippen LogP contribution in [0.25, 0.3) is 10.2 Å². The molecule has 0 spiro atoms. The molecule has 0 aliphatic carbocycles. The van der Waals surface area contributed by atoms with Gasteiger partial charge < -0.3 is 9.30 Å². The molecule has 2 aromatic carbocycles. The number of aromatic nitrogens is 1. The van der Waals surface area contributed by atoms with Gasteiger partial charge in [-0.2, -0.15) is 4.99 Å². The van der Waals surface area contributed by atoms with E-state index >= 15 is 0 Å². The molecular weight excluding hydrogens is 460 g/mol. The highest BCUT2D eigenvalue weighted by molar-refractivity contribution is 7.92. The zero-order valence-electron chi connectivity index (χ0n) is 19.2. The predicted molar refractivity (Wildman–Crippen MR) is 129 cm³/mol. The van der Waals surface area contributed by atoms with Gasteiger partial charge in [0.05, 0.1) is 27.5 Å². The van der Waals surface area contributed by atoms with Gasteiger partial charge in [-0.1, -0.05) is 36.8 Å². The van der Waals surface area contributed by atoms with Crippen LogP contribution >= 0.6 is 11.3 Å². The molecule has 0 radical (unpaired) electrons. The maximum atomic E-state index is 13.0. The number of benzene rings is 2. The number of hydrogen-bond acceptors (Lipinski definition) is 6. The molecule has 9 heteroatoms. The number of carbonyl (C=O) groups excluding carboxylic acids is 2. The number of unbranched alkanes of at least 4 members (excludes halogenated alkanes) is 1. The fourth-order valence-corrected chi connectivity index (χ4v) is 5.51. The quantitative estimate of drug-likeness (QED) is 0.444. The number of aryl methyl sites for hydroxylation is 1. The summed E-state index contributed by atoms with van der Waals surface area (Å²) >= 11 is 1.31. The van der Waals surface area contributed by atoms with Crippen LogP contribution in [0.4, 0.5) is 0 Å². The zero-order valence-corrected chi connectivity index (χ0v) is 20.8. The topological polar surface area (TPSA) is 94.8 Å². The van der Waals surface area contributed by atoms with Gasteiger partial charge in [0.1, 0.15) is 6.54 Å². The number of methoxy groups -OCH3 is 1. The van der Waals surface area contributed by atoms with Crippen molar-refractivity contribution in [3.05, 3.63) is 58.4 Å². The third-order valence-electron chi connectivity index (χ3n) is 5.31. The van der Waals surface area contributed by atoms with Crippen molar-refractivity contribution in [1.29, 1.82) is 0 Å². The van der Waals surface area contributed by atoms with E-state index in [0.29, 0.717) is 4.80 Å². The summed E-state index contributed by atoms with van der Waals surface area (Å²) in [4.78, 5) is 29.7. The monoisotopic (exact) mass is 488 g/mol. The Morgan fingerprint density at radius 1 is 1.15 bits per heavy atom. The molecule has 0 aliphatic rings. The molecule has 0 bridgehead atoms. The number of nitrogens with zero attached hydrogens (tertiary/aromatic N) is 2. The van der Waals surface area contributed by atoms with Gasteiger partial charge in [-0.05, 0) is 62.6 Å². The Labute approximate surface area is 197 Å². The average Bonchev–Trinajstić information content (AvgIpc) is 3.13. The number of thiazole rings is 1.